The first-order valence-corrected chi connectivity index (χ1v) is 7.33. The molecule has 1 aromatic carbocycles. The average molecular weight is 296 g/mol. The Morgan fingerprint density at radius 1 is 1.14 bits per heavy atom. The van der Waals surface area contributed by atoms with Crippen molar-refractivity contribution in [3.8, 4) is 11.8 Å². The molecule has 1 aromatic heterocycles. The van der Waals surface area contributed by atoms with Crippen LogP contribution in [0.3, 0.4) is 0 Å². The molecule has 0 fully saturated rings. The van der Waals surface area contributed by atoms with Gasteiger partial charge in [0, 0.05) is 36.5 Å². The monoisotopic (exact) mass is 296 g/mol. The summed E-state index contributed by atoms with van der Waals surface area (Å²) < 4.78 is 15.1. The molecule has 1 amide bonds. The Hall–Kier alpha value is -2.54. The van der Waals surface area contributed by atoms with Crippen molar-refractivity contribution >= 4 is 5.91 Å². The van der Waals surface area contributed by atoms with Gasteiger partial charge in [-0.1, -0.05) is 17.9 Å². The van der Waals surface area contributed by atoms with E-state index in [0.29, 0.717) is 11.3 Å². The first-order chi connectivity index (χ1) is 10.5. The quantitative estimate of drug-likeness (QED) is 0.743. The van der Waals surface area contributed by atoms with Gasteiger partial charge in [-0.15, -0.1) is 0 Å². The van der Waals surface area contributed by atoms with E-state index in [1.165, 1.54) is 12.1 Å². The van der Waals surface area contributed by atoms with E-state index in [1.807, 2.05) is 35.6 Å². The minimum Gasteiger partial charge on any atom is -0.340 e. The molecule has 0 spiro atoms. The molecule has 0 aliphatic carbocycles. The van der Waals surface area contributed by atoms with Crippen molar-refractivity contribution < 1.29 is 9.18 Å². The summed E-state index contributed by atoms with van der Waals surface area (Å²) in [6.45, 7) is 5.53. The van der Waals surface area contributed by atoms with Crippen molar-refractivity contribution in [3.63, 3.8) is 0 Å². The van der Waals surface area contributed by atoms with Crippen molar-refractivity contribution in [2.24, 2.45) is 0 Å². The highest BCUT2D eigenvalue weighted by Crippen LogP contribution is 2.18. The van der Waals surface area contributed by atoms with Gasteiger partial charge in [-0.05, 0) is 38.1 Å². The van der Waals surface area contributed by atoms with Crippen LogP contribution >= 0.6 is 0 Å². The lowest BCUT2D eigenvalue weighted by atomic mass is 10.2. The highest BCUT2D eigenvalue weighted by molar-refractivity contribution is 5.94. The largest absolute Gasteiger partial charge is 0.340 e. The molecule has 22 heavy (non-hydrogen) atoms. The normalized spacial score (nSPS) is 13.8. The fraction of sp³-hybridized carbons (Fsp3) is 0.278. The van der Waals surface area contributed by atoms with Crippen LogP contribution in [-0.2, 0) is 6.54 Å². The van der Waals surface area contributed by atoms with Crippen LogP contribution in [0.4, 0.5) is 4.39 Å². The fourth-order valence-corrected chi connectivity index (χ4v) is 2.61. The van der Waals surface area contributed by atoms with Gasteiger partial charge in [0.2, 0.25) is 0 Å². The average Bonchev–Trinajstić information content (AvgIpc) is 2.89. The maximum Gasteiger partial charge on any atom is 0.270 e. The Kier molecular flexibility index (Phi) is 3.72. The molecule has 4 heteroatoms. The van der Waals surface area contributed by atoms with Crippen LogP contribution in [0.2, 0.25) is 0 Å². The van der Waals surface area contributed by atoms with Crippen molar-refractivity contribution in [1.29, 1.82) is 0 Å². The molecular weight excluding hydrogens is 279 g/mol. The Morgan fingerprint density at radius 3 is 2.64 bits per heavy atom. The molecule has 2 aromatic rings. The van der Waals surface area contributed by atoms with Gasteiger partial charge in [0.05, 0.1) is 0 Å². The van der Waals surface area contributed by atoms with E-state index in [4.69, 9.17) is 0 Å². The third-order valence-electron chi connectivity index (χ3n) is 3.76. The van der Waals surface area contributed by atoms with Gasteiger partial charge in [0.25, 0.3) is 5.91 Å². The maximum absolute atomic E-state index is 13.1. The van der Waals surface area contributed by atoms with Gasteiger partial charge in [-0.25, -0.2) is 4.39 Å². The van der Waals surface area contributed by atoms with Gasteiger partial charge < -0.3 is 9.47 Å². The van der Waals surface area contributed by atoms with Gasteiger partial charge in [-0.3, -0.25) is 4.79 Å². The van der Waals surface area contributed by atoms with Crippen LogP contribution in [0.25, 0.3) is 0 Å². The predicted molar refractivity (Wildman–Crippen MR) is 83.0 cm³/mol. The summed E-state index contributed by atoms with van der Waals surface area (Å²) in [5.41, 5.74) is 2.07. The molecule has 2 heterocycles. The lowest BCUT2D eigenvalue weighted by molar-refractivity contribution is 0.0649. The van der Waals surface area contributed by atoms with Crippen LogP contribution in [0, 0.1) is 17.7 Å². The highest BCUT2D eigenvalue weighted by Gasteiger charge is 2.26. The SMILES string of the molecule is CC(C)N1CCn2cc(C#Cc3cccc(F)c3)cc2C1=O. The number of carbonyl (C=O) groups is 1. The number of hydrogen-bond donors (Lipinski definition) is 0. The van der Waals surface area contributed by atoms with Gasteiger partial charge in [0.15, 0.2) is 0 Å². The number of aromatic nitrogens is 1. The van der Waals surface area contributed by atoms with Gasteiger partial charge in [-0.2, -0.15) is 0 Å². The van der Waals surface area contributed by atoms with E-state index in [9.17, 15) is 9.18 Å². The van der Waals surface area contributed by atoms with Gasteiger partial charge in [0.1, 0.15) is 11.5 Å². The van der Waals surface area contributed by atoms with Crippen molar-refractivity contribution in [2.75, 3.05) is 6.54 Å². The highest BCUT2D eigenvalue weighted by atomic mass is 19.1. The van der Waals surface area contributed by atoms with E-state index < -0.39 is 0 Å². The van der Waals surface area contributed by atoms with E-state index >= 15 is 0 Å². The summed E-state index contributed by atoms with van der Waals surface area (Å²) in [5.74, 6) is 5.67. The summed E-state index contributed by atoms with van der Waals surface area (Å²) in [6.07, 6.45) is 1.89. The molecule has 112 valence electrons. The lowest BCUT2D eigenvalue weighted by Crippen LogP contribution is -2.43. The number of fused-ring (bicyclic) bond motifs is 1. The van der Waals surface area contributed by atoms with Crippen molar-refractivity contribution in [3.05, 3.63) is 59.2 Å². The molecule has 0 bridgehead atoms. The number of rotatable bonds is 1. The predicted octanol–water partition coefficient (Wildman–Crippen LogP) is 2.89. The van der Waals surface area contributed by atoms with Crippen molar-refractivity contribution in [2.45, 2.75) is 26.4 Å². The zero-order chi connectivity index (χ0) is 15.7. The first-order valence-electron chi connectivity index (χ1n) is 7.33. The Morgan fingerprint density at radius 2 is 1.91 bits per heavy atom. The zero-order valence-corrected chi connectivity index (χ0v) is 12.6. The van der Waals surface area contributed by atoms with Crippen LogP contribution in [0.5, 0.6) is 0 Å². The number of amides is 1. The van der Waals surface area contributed by atoms with Crippen molar-refractivity contribution in [1.82, 2.24) is 9.47 Å². The summed E-state index contributed by atoms with van der Waals surface area (Å²) in [4.78, 5) is 14.3. The minimum absolute atomic E-state index is 0.0417. The molecule has 0 N–H and O–H groups in total. The third kappa shape index (κ3) is 2.75. The summed E-state index contributed by atoms with van der Waals surface area (Å²) in [7, 11) is 0. The standard InChI is InChI=1S/C18H17FN2O/c1-13(2)21-9-8-20-12-15(11-17(20)18(21)22)7-6-14-4-3-5-16(19)10-14/h3-5,10-13H,8-9H2,1-2H3. The number of halogens is 1. The second kappa shape index (κ2) is 5.69. The second-order valence-corrected chi connectivity index (χ2v) is 5.66. The number of carbonyl (C=O) groups excluding carboxylic acids is 1. The minimum atomic E-state index is -0.300. The topological polar surface area (TPSA) is 25.2 Å². The Labute approximate surface area is 129 Å². The summed E-state index contributed by atoms with van der Waals surface area (Å²) in [6, 6.07) is 8.18. The first kappa shape index (κ1) is 14.4. The second-order valence-electron chi connectivity index (χ2n) is 5.66. The van der Waals surface area contributed by atoms with E-state index in [2.05, 4.69) is 11.8 Å². The molecule has 0 saturated carbocycles. The van der Waals surface area contributed by atoms with E-state index in [0.717, 1.165) is 18.7 Å². The molecule has 0 radical (unpaired) electrons. The smallest absolute Gasteiger partial charge is 0.270 e. The van der Waals surface area contributed by atoms with Crippen LogP contribution in [-0.4, -0.2) is 28.0 Å². The van der Waals surface area contributed by atoms with E-state index in [1.54, 1.807) is 12.1 Å². The summed E-state index contributed by atoms with van der Waals surface area (Å²) in [5, 5.41) is 0. The number of benzene rings is 1. The molecule has 0 saturated heterocycles. The van der Waals surface area contributed by atoms with Crippen LogP contribution in [0.1, 0.15) is 35.5 Å². The van der Waals surface area contributed by atoms with Gasteiger partial charge >= 0.3 is 0 Å². The van der Waals surface area contributed by atoms with E-state index in [-0.39, 0.29) is 17.8 Å². The lowest BCUT2D eigenvalue weighted by Gasteiger charge is -2.31. The molecule has 1 aliphatic heterocycles. The number of hydrogen-bond acceptors (Lipinski definition) is 1. The molecular formula is C18H17FN2O. The Bertz CT molecular complexity index is 780. The van der Waals surface area contributed by atoms with Crippen LogP contribution < -0.4 is 0 Å². The fourth-order valence-electron chi connectivity index (χ4n) is 2.61. The molecule has 3 rings (SSSR count). The molecule has 0 unspecified atom stereocenters. The molecule has 3 nitrogen and oxygen atoms in total. The summed E-state index contributed by atoms with van der Waals surface area (Å²) >= 11 is 0. The zero-order valence-electron chi connectivity index (χ0n) is 12.6. The molecule has 1 aliphatic rings. The maximum atomic E-state index is 13.1. The Balaban J connectivity index is 1.88. The number of nitrogens with zero attached hydrogens (tertiary/aromatic N) is 2. The third-order valence-corrected chi connectivity index (χ3v) is 3.76. The van der Waals surface area contributed by atoms with Crippen LogP contribution in [0.15, 0.2) is 36.5 Å². The molecule has 0 atom stereocenters.